The fourth-order valence-corrected chi connectivity index (χ4v) is 1.45. The minimum atomic E-state index is -0.103. The second kappa shape index (κ2) is 5.42. The minimum Gasteiger partial charge on any atom is -1.00 e. The first-order chi connectivity index (χ1) is 7.24. The van der Waals surface area contributed by atoms with E-state index in [0.717, 1.165) is 5.69 Å². The molecule has 0 spiro atoms. The largest absolute Gasteiger partial charge is 1.00 e. The molecule has 0 atom stereocenters. The molecule has 0 fully saturated rings. The standard InChI is InChI=1S/C11H11N3O.ClH/c1-9-12-10(7-11(15)13-9)8-14-5-3-2-4-6-14;/h2-7H,8H2,1H3;1H. The number of rotatable bonds is 2. The van der Waals surface area contributed by atoms with E-state index in [1.54, 1.807) is 6.92 Å². The summed E-state index contributed by atoms with van der Waals surface area (Å²) >= 11 is 0. The van der Waals surface area contributed by atoms with Gasteiger partial charge in [0.15, 0.2) is 18.9 Å². The molecular formula is C11H12ClN3O. The van der Waals surface area contributed by atoms with Crippen LogP contribution in [0, 0.1) is 6.92 Å². The summed E-state index contributed by atoms with van der Waals surface area (Å²) in [5.41, 5.74) is 0.668. The highest BCUT2D eigenvalue weighted by Gasteiger charge is 2.04. The topological polar surface area (TPSA) is 49.6 Å². The number of nitrogens with one attached hydrogen (secondary N) is 1. The Morgan fingerprint density at radius 2 is 2.00 bits per heavy atom. The normalized spacial score (nSPS) is 9.56. The summed E-state index contributed by atoms with van der Waals surface area (Å²) in [6.07, 6.45) is 3.89. The van der Waals surface area contributed by atoms with Crippen LogP contribution in [0.15, 0.2) is 41.5 Å². The van der Waals surface area contributed by atoms with Gasteiger partial charge in [-0.3, -0.25) is 4.79 Å². The van der Waals surface area contributed by atoms with Crippen LogP contribution < -0.4 is 22.5 Å². The molecule has 5 heteroatoms. The van der Waals surface area contributed by atoms with Crippen LogP contribution in [0.1, 0.15) is 11.5 Å². The summed E-state index contributed by atoms with van der Waals surface area (Å²) < 4.78 is 1.97. The van der Waals surface area contributed by atoms with Crippen LogP contribution in [-0.2, 0) is 6.54 Å². The number of hydrogen-bond acceptors (Lipinski definition) is 2. The molecule has 0 saturated heterocycles. The second-order valence-corrected chi connectivity index (χ2v) is 3.37. The molecule has 16 heavy (non-hydrogen) atoms. The summed E-state index contributed by atoms with van der Waals surface area (Å²) in [6.45, 7) is 2.40. The average molecular weight is 238 g/mol. The molecule has 0 aliphatic rings. The molecule has 4 nitrogen and oxygen atoms in total. The Morgan fingerprint density at radius 3 is 2.62 bits per heavy atom. The van der Waals surface area contributed by atoms with Crippen molar-refractivity contribution in [3.8, 4) is 0 Å². The third-order valence-electron chi connectivity index (χ3n) is 2.03. The van der Waals surface area contributed by atoms with Gasteiger partial charge in [-0.2, -0.15) is 4.57 Å². The summed E-state index contributed by atoms with van der Waals surface area (Å²) in [7, 11) is 0. The number of H-pyrrole nitrogens is 1. The highest BCUT2D eigenvalue weighted by atomic mass is 35.5. The first-order valence-corrected chi connectivity index (χ1v) is 4.75. The van der Waals surface area contributed by atoms with Gasteiger partial charge in [0.2, 0.25) is 0 Å². The van der Waals surface area contributed by atoms with Crippen LogP contribution in [0.25, 0.3) is 0 Å². The average Bonchev–Trinajstić information content (AvgIpc) is 2.17. The van der Waals surface area contributed by atoms with E-state index >= 15 is 0 Å². The fraction of sp³-hybridized carbons (Fsp3) is 0.182. The molecule has 2 rings (SSSR count). The third kappa shape index (κ3) is 3.17. The van der Waals surface area contributed by atoms with Gasteiger partial charge in [-0.15, -0.1) is 0 Å². The van der Waals surface area contributed by atoms with Crippen LogP contribution >= 0.6 is 0 Å². The van der Waals surface area contributed by atoms with Crippen molar-refractivity contribution in [1.29, 1.82) is 0 Å². The Bertz CT molecular complexity index is 510. The van der Waals surface area contributed by atoms with E-state index in [4.69, 9.17) is 0 Å². The molecule has 0 saturated carbocycles. The van der Waals surface area contributed by atoms with Crippen molar-refractivity contribution in [3.05, 3.63) is 58.5 Å². The Hall–Kier alpha value is -1.68. The van der Waals surface area contributed by atoms with E-state index in [1.807, 2.05) is 35.2 Å². The van der Waals surface area contributed by atoms with Crippen molar-refractivity contribution in [2.45, 2.75) is 13.5 Å². The molecule has 2 heterocycles. The van der Waals surface area contributed by atoms with Gasteiger partial charge in [-0.1, -0.05) is 6.07 Å². The van der Waals surface area contributed by atoms with Crippen LogP contribution in [0.5, 0.6) is 0 Å². The lowest BCUT2D eigenvalue weighted by atomic mass is 10.3. The third-order valence-corrected chi connectivity index (χ3v) is 2.03. The Morgan fingerprint density at radius 1 is 1.31 bits per heavy atom. The molecule has 0 radical (unpaired) electrons. The lowest BCUT2D eigenvalue weighted by Gasteiger charge is -1.97. The predicted octanol–water partition coefficient (Wildman–Crippen LogP) is -2.58. The summed E-state index contributed by atoms with van der Waals surface area (Å²) in [5, 5.41) is 0. The smallest absolute Gasteiger partial charge is 0.251 e. The number of aromatic nitrogens is 3. The highest BCUT2D eigenvalue weighted by molar-refractivity contribution is 5.00. The van der Waals surface area contributed by atoms with Crippen LogP contribution in [0.4, 0.5) is 0 Å². The molecule has 0 unspecified atom stereocenters. The van der Waals surface area contributed by atoms with Crippen molar-refractivity contribution >= 4 is 0 Å². The first-order valence-electron chi connectivity index (χ1n) is 4.75. The SMILES string of the molecule is Cc1nc(C[n+]2ccccc2)cc(=O)[nH]1.[Cl-]. The van der Waals surface area contributed by atoms with Gasteiger partial charge in [0.25, 0.3) is 5.56 Å². The second-order valence-electron chi connectivity index (χ2n) is 3.37. The van der Waals surface area contributed by atoms with Crippen LogP contribution in [-0.4, -0.2) is 9.97 Å². The number of hydrogen-bond donors (Lipinski definition) is 1. The highest BCUT2D eigenvalue weighted by Crippen LogP contribution is 1.90. The number of aromatic amines is 1. The Labute approximate surface area is 99.4 Å². The fourth-order valence-electron chi connectivity index (χ4n) is 1.45. The van der Waals surface area contributed by atoms with E-state index in [0.29, 0.717) is 12.4 Å². The molecular weight excluding hydrogens is 226 g/mol. The van der Waals surface area contributed by atoms with Gasteiger partial charge in [0, 0.05) is 18.2 Å². The summed E-state index contributed by atoms with van der Waals surface area (Å²) in [6, 6.07) is 7.36. The van der Waals surface area contributed by atoms with Crippen molar-refractivity contribution in [2.24, 2.45) is 0 Å². The van der Waals surface area contributed by atoms with Crippen molar-refractivity contribution in [1.82, 2.24) is 9.97 Å². The Balaban J connectivity index is 0.00000128. The van der Waals surface area contributed by atoms with Crippen LogP contribution in [0.2, 0.25) is 0 Å². The van der Waals surface area contributed by atoms with Crippen LogP contribution in [0.3, 0.4) is 0 Å². The summed E-state index contributed by atoms with van der Waals surface area (Å²) in [4.78, 5) is 18.1. The van der Waals surface area contributed by atoms with E-state index < -0.39 is 0 Å². The first kappa shape index (κ1) is 12.4. The number of nitrogens with zero attached hydrogens (tertiary/aromatic N) is 2. The van der Waals surface area contributed by atoms with Crippen molar-refractivity contribution in [2.75, 3.05) is 0 Å². The molecule has 2 aromatic rings. The lowest BCUT2D eigenvalue weighted by Crippen LogP contribution is -3.00. The predicted molar refractivity (Wildman–Crippen MR) is 55.3 cm³/mol. The van der Waals surface area contributed by atoms with E-state index in [-0.39, 0.29) is 18.0 Å². The monoisotopic (exact) mass is 237 g/mol. The van der Waals surface area contributed by atoms with Gasteiger partial charge in [-0.25, -0.2) is 4.98 Å². The molecule has 0 aliphatic heterocycles. The lowest BCUT2D eigenvalue weighted by molar-refractivity contribution is -0.688. The number of aryl methyl sites for hydroxylation is 1. The van der Waals surface area contributed by atoms with E-state index in [9.17, 15) is 4.79 Å². The number of halogens is 1. The molecule has 0 bridgehead atoms. The molecule has 0 aliphatic carbocycles. The maximum atomic E-state index is 11.2. The van der Waals surface area contributed by atoms with Gasteiger partial charge in [-0.05, 0) is 6.92 Å². The van der Waals surface area contributed by atoms with Crippen molar-refractivity contribution < 1.29 is 17.0 Å². The minimum absolute atomic E-state index is 0. The zero-order chi connectivity index (χ0) is 10.7. The van der Waals surface area contributed by atoms with Crippen molar-refractivity contribution in [3.63, 3.8) is 0 Å². The van der Waals surface area contributed by atoms with E-state index in [1.165, 1.54) is 6.07 Å². The van der Waals surface area contributed by atoms with Gasteiger partial charge < -0.3 is 17.4 Å². The zero-order valence-corrected chi connectivity index (χ0v) is 9.61. The molecule has 0 aromatic carbocycles. The zero-order valence-electron chi connectivity index (χ0n) is 8.85. The maximum Gasteiger partial charge on any atom is 0.251 e. The molecule has 84 valence electrons. The summed E-state index contributed by atoms with van der Waals surface area (Å²) in [5.74, 6) is 0.647. The van der Waals surface area contributed by atoms with E-state index in [2.05, 4.69) is 9.97 Å². The molecule has 1 N–H and O–H groups in total. The number of pyridine rings is 1. The quantitative estimate of drug-likeness (QED) is 0.584. The molecule has 2 aromatic heterocycles. The maximum absolute atomic E-state index is 11.2. The van der Waals surface area contributed by atoms with Gasteiger partial charge in [0.05, 0.1) is 0 Å². The van der Waals surface area contributed by atoms with Gasteiger partial charge >= 0.3 is 0 Å². The van der Waals surface area contributed by atoms with Gasteiger partial charge in [0.1, 0.15) is 11.5 Å². The Kier molecular flexibility index (Phi) is 4.19. The molecule has 0 amide bonds.